The topological polar surface area (TPSA) is 14.2 Å². The fourth-order valence-corrected chi connectivity index (χ4v) is 12.1. The fraction of sp³-hybridized carbons (Fsp3) is 0.618. The van der Waals surface area contributed by atoms with Crippen LogP contribution in [-0.4, -0.2) is 37.7 Å². The highest BCUT2D eigenvalue weighted by Gasteiger charge is 2.08. The molecule has 4 aromatic rings. The molecule has 4 nitrogen and oxygen atoms in total. The van der Waals surface area contributed by atoms with Crippen molar-refractivity contribution >= 4 is 57.3 Å². The Morgan fingerprint density at radius 3 is 0.811 bits per heavy atom. The number of aromatic nitrogens is 2. The normalized spacial score (nSPS) is 11.7. The van der Waals surface area contributed by atoms with Gasteiger partial charge in [-0.2, -0.15) is 0 Å². The SMILES string of the molecule is CCCCN(CCCC)c1ccc(/C=C/c2cc[n+](CCCCCCCCCCCCCSSCCCCCCCCCCCCC[n+]3ccc(/C=C/c4ccc(N(CCCC)CCCC)cc4)cc3)cc2)cc1. The van der Waals surface area contributed by atoms with Crippen LogP contribution in [0.1, 0.15) is 243 Å². The molecule has 6 heteroatoms. The predicted octanol–water partition coefficient (Wildman–Crippen LogP) is 20.1. The predicted molar refractivity (Wildman–Crippen MR) is 335 cm³/mol. The van der Waals surface area contributed by atoms with Crippen LogP contribution in [0.15, 0.2) is 97.6 Å². The van der Waals surface area contributed by atoms with Gasteiger partial charge in [-0.1, -0.05) is 226 Å². The number of unbranched alkanes of at least 4 members (excludes halogenated alkanes) is 24. The van der Waals surface area contributed by atoms with Crippen LogP contribution < -0.4 is 18.9 Å². The summed E-state index contributed by atoms with van der Waals surface area (Å²) in [4.78, 5) is 5.11. The number of pyridine rings is 2. The lowest BCUT2D eigenvalue weighted by Gasteiger charge is -2.24. The van der Waals surface area contributed by atoms with Crippen molar-refractivity contribution in [3.63, 3.8) is 0 Å². The molecule has 2 aromatic carbocycles. The van der Waals surface area contributed by atoms with Crippen molar-refractivity contribution in [1.82, 2.24) is 0 Å². The van der Waals surface area contributed by atoms with Gasteiger partial charge in [0, 0.05) is 86.2 Å². The lowest BCUT2D eigenvalue weighted by molar-refractivity contribution is -0.697. The van der Waals surface area contributed by atoms with Crippen LogP contribution in [0.2, 0.25) is 0 Å². The molecule has 0 aliphatic rings. The molecule has 2 aromatic heterocycles. The third-order valence-electron chi connectivity index (χ3n) is 14.8. The summed E-state index contributed by atoms with van der Waals surface area (Å²) in [6.45, 7) is 16.0. The third kappa shape index (κ3) is 30.3. The van der Waals surface area contributed by atoms with E-state index >= 15 is 0 Å². The van der Waals surface area contributed by atoms with E-state index in [1.165, 1.54) is 238 Å². The Hall–Kier alpha value is -3.48. The summed E-state index contributed by atoms with van der Waals surface area (Å²) in [7, 11) is 4.26. The lowest BCUT2D eigenvalue weighted by Crippen LogP contribution is -2.32. The number of hydrogen-bond acceptors (Lipinski definition) is 4. The molecule has 74 heavy (non-hydrogen) atoms. The van der Waals surface area contributed by atoms with Gasteiger partial charge >= 0.3 is 0 Å². The Labute approximate surface area is 464 Å². The minimum Gasteiger partial charge on any atom is -0.372 e. The first-order valence-corrected chi connectivity index (χ1v) is 33.4. The molecule has 0 N–H and O–H groups in total. The van der Waals surface area contributed by atoms with E-state index in [2.05, 4.69) is 190 Å². The van der Waals surface area contributed by atoms with E-state index in [0.717, 1.165) is 39.3 Å². The maximum absolute atomic E-state index is 2.56. The zero-order chi connectivity index (χ0) is 52.2. The third-order valence-corrected chi connectivity index (χ3v) is 17.4. The molecular formula is C68H108N4S2+2. The molecule has 0 fully saturated rings. The molecular weight excluding hydrogens is 937 g/mol. The first-order valence-electron chi connectivity index (χ1n) is 30.9. The molecule has 0 spiro atoms. The average Bonchev–Trinajstić information content (AvgIpc) is 3.43. The summed E-state index contributed by atoms with van der Waals surface area (Å²) in [5.41, 5.74) is 7.79. The van der Waals surface area contributed by atoms with Gasteiger partial charge < -0.3 is 9.80 Å². The van der Waals surface area contributed by atoms with Gasteiger partial charge in [0.1, 0.15) is 13.1 Å². The van der Waals surface area contributed by atoms with Crippen molar-refractivity contribution in [1.29, 1.82) is 0 Å². The van der Waals surface area contributed by atoms with E-state index < -0.39 is 0 Å². The second-order valence-corrected chi connectivity index (χ2v) is 24.1. The van der Waals surface area contributed by atoms with Gasteiger partial charge in [0.15, 0.2) is 24.8 Å². The van der Waals surface area contributed by atoms with Gasteiger partial charge in [0.25, 0.3) is 0 Å². The van der Waals surface area contributed by atoms with Gasteiger partial charge in [-0.15, -0.1) is 0 Å². The molecule has 0 unspecified atom stereocenters. The quantitative estimate of drug-likeness (QED) is 0.0249. The van der Waals surface area contributed by atoms with E-state index in [9.17, 15) is 0 Å². The van der Waals surface area contributed by atoms with E-state index in [1.807, 2.05) is 0 Å². The Morgan fingerprint density at radius 1 is 0.297 bits per heavy atom. The van der Waals surface area contributed by atoms with Crippen molar-refractivity contribution in [2.75, 3.05) is 47.5 Å². The van der Waals surface area contributed by atoms with Gasteiger partial charge in [0.2, 0.25) is 0 Å². The standard InChI is InChI=1S/C68H108N4S2/c1-5-9-53-71(54-10-6-2)67-43-39-63(40-44-67)35-37-65-47-57-69(58-48-65)51-31-27-23-19-15-13-17-21-25-29-33-61-73-74-62-34-30-26-22-18-14-16-20-24-28-32-52-70-59-49-66(50-60-70)38-36-64-41-45-68(46-42-64)72(55-11-7-3)56-12-8-4/h35-50,57-60H,5-34,51-56,61-62H2,1-4H3/q+2. The molecule has 0 atom stereocenters. The number of anilines is 2. The maximum atomic E-state index is 2.56. The summed E-state index contributed by atoms with van der Waals surface area (Å²) in [6, 6.07) is 27.3. The highest BCUT2D eigenvalue weighted by Crippen LogP contribution is 2.26. The van der Waals surface area contributed by atoms with Crippen LogP contribution >= 0.6 is 21.6 Å². The smallest absolute Gasteiger partial charge is 0.169 e. The first kappa shape index (κ1) is 63.1. The highest BCUT2D eigenvalue weighted by molar-refractivity contribution is 8.76. The molecule has 4 rings (SSSR count). The summed E-state index contributed by atoms with van der Waals surface area (Å²) in [5, 5.41) is 0. The fourth-order valence-electron chi connectivity index (χ4n) is 9.78. The summed E-state index contributed by atoms with van der Waals surface area (Å²) < 4.78 is 4.71. The first-order chi connectivity index (χ1) is 36.6. The number of hydrogen-bond donors (Lipinski definition) is 0. The summed E-state index contributed by atoms with van der Waals surface area (Å²) >= 11 is 0. The minimum absolute atomic E-state index is 1.13. The van der Waals surface area contributed by atoms with E-state index in [4.69, 9.17) is 0 Å². The number of benzene rings is 2. The molecule has 2 heterocycles. The second kappa shape index (κ2) is 43.6. The maximum Gasteiger partial charge on any atom is 0.169 e. The van der Waals surface area contributed by atoms with Crippen molar-refractivity contribution in [3.05, 3.63) is 120 Å². The van der Waals surface area contributed by atoms with E-state index in [-0.39, 0.29) is 0 Å². The summed E-state index contributed by atoms with van der Waals surface area (Å²) in [6.07, 6.45) is 58.8. The molecule has 0 saturated carbocycles. The zero-order valence-corrected chi connectivity index (χ0v) is 49.7. The van der Waals surface area contributed by atoms with Crippen LogP contribution in [0.4, 0.5) is 11.4 Å². The summed E-state index contributed by atoms with van der Waals surface area (Å²) in [5.74, 6) is 2.68. The molecule has 0 bridgehead atoms. The molecule has 0 radical (unpaired) electrons. The molecule has 0 amide bonds. The van der Waals surface area contributed by atoms with Crippen LogP contribution in [0.3, 0.4) is 0 Å². The molecule has 0 saturated heterocycles. The average molecular weight is 1050 g/mol. The van der Waals surface area contributed by atoms with Crippen molar-refractivity contribution in [2.24, 2.45) is 0 Å². The van der Waals surface area contributed by atoms with Gasteiger partial charge in [0.05, 0.1) is 0 Å². The van der Waals surface area contributed by atoms with Gasteiger partial charge in [-0.3, -0.25) is 0 Å². The Balaban J connectivity index is 0.846. The number of rotatable bonds is 47. The Bertz CT molecular complexity index is 1780. The van der Waals surface area contributed by atoms with Crippen LogP contribution in [0, 0.1) is 0 Å². The van der Waals surface area contributed by atoms with Crippen LogP contribution in [0.25, 0.3) is 24.3 Å². The van der Waals surface area contributed by atoms with Crippen molar-refractivity contribution < 1.29 is 9.13 Å². The largest absolute Gasteiger partial charge is 0.372 e. The minimum atomic E-state index is 1.13. The Kier molecular flexibility index (Phi) is 37.2. The van der Waals surface area contributed by atoms with Gasteiger partial charge in [-0.05, 0) is 97.9 Å². The molecule has 0 aliphatic carbocycles. The lowest BCUT2D eigenvalue weighted by atomic mass is 10.1. The Morgan fingerprint density at radius 2 is 0.541 bits per heavy atom. The number of nitrogens with zero attached hydrogens (tertiary/aromatic N) is 4. The zero-order valence-electron chi connectivity index (χ0n) is 48.0. The molecule has 0 aliphatic heterocycles. The van der Waals surface area contributed by atoms with Crippen LogP contribution in [-0.2, 0) is 13.1 Å². The monoisotopic (exact) mass is 1040 g/mol. The van der Waals surface area contributed by atoms with E-state index in [1.54, 1.807) is 0 Å². The van der Waals surface area contributed by atoms with E-state index in [0.29, 0.717) is 0 Å². The van der Waals surface area contributed by atoms with Crippen molar-refractivity contribution in [2.45, 2.75) is 233 Å². The van der Waals surface area contributed by atoms with Gasteiger partial charge in [-0.25, -0.2) is 9.13 Å². The molecule has 410 valence electrons. The second-order valence-electron chi connectivity index (χ2n) is 21.4. The number of aryl methyl sites for hydroxylation is 2. The van der Waals surface area contributed by atoms with Crippen LogP contribution in [0.5, 0.6) is 0 Å². The van der Waals surface area contributed by atoms with Crippen molar-refractivity contribution in [3.8, 4) is 0 Å². The highest BCUT2D eigenvalue weighted by atomic mass is 33.1.